The molecule has 0 saturated heterocycles. The highest BCUT2D eigenvalue weighted by molar-refractivity contribution is 5.94. The van der Waals surface area contributed by atoms with E-state index in [0.717, 1.165) is 16.3 Å². The largest absolute Gasteiger partial charge is 0.496 e. The number of hydrogen-bond acceptors (Lipinski definition) is 4. The van der Waals surface area contributed by atoms with E-state index in [1.807, 2.05) is 30.3 Å². The van der Waals surface area contributed by atoms with Crippen molar-refractivity contribution in [3.63, 3.8) is 0 Å². The van der Waals surface area contributed by atoms with Crippen molar-refractivity contribution in [2.45, 2.75) is 0 Å². The smallest absolute Gasteiger partial charge is 0.164 e. The van der Waals surface area contributed by atoms with Crippen LogP contribution in [0.2, 0.25) is 0 Å². The Balaban J connectivity index is 2.12. The summed E-state index contributed by atoms with van der Waals surface area (Å²) in [6, 6.07) is 20.0. The second kappa shape index (κ2) is 7.62. The summed E-state index contributed by atoms with van der Waals surface area (Å²) in [6.07, 6.45) is 1.84. The molecule has 0 atom stereocenters. The summed E-state index contributed by atoms with van der Waals surface area (Å²) >= 11 is 0. The van der Waals surface area contributed by atoms with Gasteiger partial charge in [-0.3, -0.25) is 0 Å². The molecular weight excluding hydrogens is 326 g/mol. The summed E-state index contributed by atoms with van der Waals surface area (Å²) in [5.41, 5.74) is 2.08. The Morgan fingerprint density at radius 1 is 0.808 bits per heavy atom. The summed E-state index contributed by atoms with van der Waals surface area (Å²) in [6.45, 7) is 0. The van der Waals surface area contributed by atoms with Gasteiger partial charge in [-0.25, -0.2) is 0 Å². The van der Waals surface area contributed by atoms with E-state index in [9.17, 15) is 5.26 Å². The van der Waals surface area contributed by atoms with Crippen molar-refractivity contribution in [2.24, 2.45) is 0 Å². The van der Waals surface area contributed by atoms with Crippen LogP contribution in [0.1, 0.15) is 11.1 Å². The molecule has 0 aliphatic heterocycles. The first-order chi connectivity index (χ1) is 12.7. The zero-order valence-electron chi connectivity index (χ0n) is 14.9. The molecule has 130 valence electrons. The summed E-state index contributed by atoms with van der Waals surface area (Å²) in [7, 11) is 4.69. The molecule has 0 aliphatic rings. The highest BCUT2D eigenvalue weighted by Crippen LogP contribution is 2.38. The first kappa shape index (κ1) is 17.4. The van der Waals surface area contributed by atoms with Crippen LogP contribution >= 0.6 is 0 Å². The second-order valence-electron chi connectivity index (χ2n) is 5.68. The molecule has 0 fully saturated rings. The van der Waals surface area contributed by atoms with E-state index in [2.05, 4.69) is 24.3 Å². The fraction of sp³-hybridized carbons (Fsp3) is 0.136. The highest BCUT2D eigenvalue weighted by Gasteiger charge is 2.15. The monoisotopic (exact) mass is 345 g/mol. The van der Waals surface area contributed by atoms with Gasteiger partial charge in [0.2, 0.25) is 0 Å². The fourth-order valence-corrected chi connectivity index (χ4v) is 2.87. The number of rotatable bonds is 5. The third kappa shape index (κ3) is 3.33. The number of nitriles is 1. The van der Waals surface area contributed by atoms with Crippen molar-refractivity contribution < 1.29 is 14.2 Å². The minimum atomic E-state index is 0.484. The molecule has 3 rings (SSSR count). The SMILES string of the molecule is COc1cc(OC)c(C(C#N)=Cc2ccc3ccccc3c2)cc1OC. The Bertz CT molecular complexity index is 1020. The fourth-order valence-electron chi connectivity index (χ4n) is 2.87. The van der Waals surface area contributed by atoms with E-state index in [4.69, 9.17) is 14.2 Å². The van der Waals surface area contributed by atoms with E-state index in [-0.39, 0.29) is 0 Å². The lowest BCUT2D eigenvalue weighted by Gasteiger charge is -2.13. The topological polar surface area (TPSA) is 51.5 Å². The van der Waals surface area contributed by atoms with Crippen molar-refractivity contribution in [1.29, 1.82) is 5.26 Å². The minimum Gasteiger partial charge on any atom is -0.496 e. The first-order valence-corrected chi connectivity index (χ1v) is 8.11. The van der Waals surface area contributed by atoms with Gasteiger partial charge in [0.25, 0.3) is 0 Å². The Hall–Kier alpha value is -3.45. The lowest BCUT2D eigenvalue weighted by Crippen LogP contribution is -1.96. The molecule has 0 unspecified atom stereocenters. The standard InChI is InChI=1S/C22H19NO3/c1-24-20-13-22(26-3)21(25-2)12-19(20)18(14-23)11-15-8-9-16-6-4-5-7-17(16)10-15/h4-13H,1-3H3. The summed E-state index contributed by atoms with van der Waals surface area (Å²) < 4.78 is 16.1. The van der Waals surface area contributed by atoms with Crippen LogP contribution in [0.15, 0.2) is 54.6 Å². The zero-order valence-corrected chi connectivity index (χ0v) is 14.9. The molecule has 0 bridgehead atoms. The lowest BCUT2D eigenvalue weighted by atomic mass is 10.0. The van der Waals surface area contributed by atoms with E-state index >= 15 is 0 Å². The molecule has 0 heterocycles. The van der Waals surface area contributed by atoms with Gasteiger partial charge in [-0.2, -0.15) is 5.26 Å². The van der Waals surface area contributed by atoms with Gasteiger partial charge in [0.15, 0.2) is 11.5 Å². The van der Waals surface area contributed by atoms with E-state index in [1.165, 1.54) is 0 Å². The van der Waals surface area contributed by atoms with Crippen LogP contribution in [0.5, 0.6) is 17.2 Å². The molecule has 3 aromatic rings. The third-order valence-electron chi connectivity index (χ3n) is 4.20. The van der Waals surface area contributed by atoms with Crippen molar-refractivity contribution in [2.75, 3.05) is 21.3 Å². The molecule has 4 nitrogen and oxygen atoms in total. The molecule has 3 aromatic carbocycles. The summed E-state index contributed by atoms with van der Waals surface area (Å²) in [4.78, 5) is 0. The first-order valence-electron chi connectivity index (χ1n) is 8.11. The van der Waals surface area contributed by atoms with Crippen molar-refractivity contribution >= 4 is 22.4 Å². The Morgan fingerprint density at radius 2 is 1.46 bits per heavy atom. The van der Waals surface area contributed by atoms with Crippen LogP contribution in [0.3, 0.4) is 0 Å². The predicted molar refractivity (Wildman–Crippen MR) is 104 cm³/mol. The van der Waals surface area contributed by atoms with Crippen LogP contribution < -0.4 is 14.2 Å². The second-order valence-corrected chi connectivity index (χ2v) is 5.68. The van der Waals surface area contributed by atoms with Gasteiger partial charge in [-0.1, -0.05) is 36.4 Å². The zero-order chi connectivity index (χ0) is 18.5. The molecule has 0 radical (unpaired) electrons. The van der Waals surface area contributed by atoms with Crippen LogP contribution in [-0.2, 0) is 0 Å². The van der Waals surface area contributed by atoms with Gasteiger partial charge in [0.05, 0.1) is 33.0 Å². The third-order valence-corrected chi connectivity index (χ3v) is 4.20. The van der Waals surface area contributed by atoms with Gasteiger partial charge in [0, 0.05) is 11.6 Å². The number of fused-ring (bicyclic) bond motifs is 1. The molecule has 0 N–H and O–H groups in total. The minimum absolute atomic E-state index is 0.484. The molecule has 4 heteroatoms. The van der Waals surface area contributed by atoms with Gasteiger partial charge in [0.1, 0.15) is 5.75 Å². The Morgan fingerprint density at radius 3 is 2.12 bits per heavy atom. The number of allylic oxidation sites excluding steroid dienone is 1. The Labute approximate surface area is 152 Å². The van der Waals surface area contributed by atoms with Crippen LogP contribution in [-0.4, -0.2) is 21.3 Å². The van der Waals surface area contributed by atoms with Crippen LogP contribution in [0.25, 0.3) is 22.4 Å². The predicted octanol–water partition coefficient (Wildman–Crippen LogP) is 4.93. The maximum absolute atomic E-state index is 9.72. The maximum atomic E-state index is 9.72. The molecule has 26 heavy (non-hydrogen) atoms. The van der Waals surface area contributed by atoms with Gasteiger partial charge in [-0.05, 0) is 34.5 Å². The van der Waals surface area contributed by atoms with Crippen molar-refractivity contribution in [3.8, 4) is 23.3 Å². The molecule has 0 saturated carbocycles. The van der Waals surface area contributed by atoms with E-state index in [1.54, 1.807) is 33.5 Å². The number of ether oxygens (including phenoxy) is 3. The number of benzene rings is 3. The molecule has 0 amide bonds. The van der Waals surface area contributed by atoms with Crippen LogP contribution in [0.4, 0.5) is 0 Å². The van der Waals surface area contributed by atoms with Gasteiger partial charge in [-0.15, -0.1) is 0 Å². The number of nitrogens with zero attached hydrogens (tertiary/aromatic N) is 1. The average Bonchev–Trinajstić information content (AvgIpc) is 2.70. The average molecular weight is 345 g/mol. The van der Waals surface area contributed by atoms with Gasteiger partial charge >= 0.3 is 0 Å². The van der Waals surface area contributed by atoms with Crippen LogP contribution in [0, 0.1) is 11.3 Å². The van der Waals surface area contributed by atoms with Crippen molar-refractivity contribution in [3.05, 3.63) is 65.7 Å². The number of methoxy groups -OCH3 is 3. The summed E-state index contributed by atoms with van der Waals surface area (Å²) in [5.74, 6) is 1.65. The lowest BCUT2D eigenvalue weighted by molar-refractivity contribution is 0.348. The van der Waals surface area contributed by atoms with E-state index in [0.29, 0.717) is 28.4 Å². The quantitative estimate of drug-likeness (QED) is 0.486. The van der Waals surface area contributed by atoms with Crippen molar-refractivity contribution in [1.82, 2.24) is 0 Å². The molecule has 0 aliphatic carbocycles. The summed E-state index contributed by atoms with van der Waals surface area (Å²) in [5, 5.41) is 12.0. The molecule has 0 aromatic heterocycles. The normalized spacial score (nSPS) is 11.1. The molecular formula is C22H19NO3. The van der Waals surface area contributed by atoms with E-state index < -0.39 is 0 Å². The number of hydrogen-bond donors (Lipinski definition) is 0. The maximum Gasteiger partial charge on any atom is 0.164 e. The Kier molecular flexibility index (Phi) is 5.09. The molecule has 0 spiro atoms. The highest BCUT2D eigenvalue weighted by atomic mass is 16.5. The van der Waals surface area contributed by atoms with Gasteiger partial charge < -0.3 is 14.2 Å².